The molecule has 4 N–H and O–H groups in total. The lowest BCUT2D eigenvalue weighted by Crippen LogP contribution is -2.40. The fourth-order valence-electron chi connectivity index (χ4n) is 1.16. The second-order valence-electron chi connectivity index (χ2n) is 3.28. The minimum absolute atomic E-state index is 0.200. The van der Waals surface area contributed by atoms with Crippen LogP contribution in [0.15, 0.2) is 0 Å². The molecule has 2 atom stereocenters. The third-order valence-electron chi connectivity index (χ3n) is 2.04. The molecule has 0 saturated carbocycles. The van der Waals surface area contributed by atoms with Crippen LogP contribution in [-0.4, -0.2) is 38.4 Å². The molecule has 13 heavy (non-hydrogen) atoms. The van der Waals surface area contributed by atoms with Crippen LogP contribution in [0.4, 0.5) is 0 Å². The zero-order chi connectivity index (χ0) is 9.68. The highest BCUT2D eigenvalue weighted by atomic mass is 16.5. The van der Waals surface area contributed by atoms with E-state index in [1.54, 1.807) is 0 Å². The highest BCUT2D eigenvalue weighted by Crippen LogP contribution is 2.11. The normalized spacial score (nSPS) is 24.5. The Balaban J connectivity index is 2.02. The van der Waals surface area contributed by atoms with Crippen molar-refractivity contribution in [2.45, 2.75) is 12.5 Å². The summed E-state index contributed by atoms with van der Waals surface area (Å²) in [5.74, 6) is -0.0808. The quantitative estimate of drug-likeness (QED) is 0.570. The SMILES string of the molecule is NC(=O)C(N)COCC1CCOC1. The molecule has 1 aliphatic rings. The third kappa shape index (κ3) is 3.71. The summed E-state index contributed by atoms with van der Waals surface area (Å²) in [6.45, 7) is 2.34. The summed E-state index contributed by atoms with van der Waals surface area (Å²) in [6.07, 6.45) is 1.02. The van der Waals surface area contributed by atoms with Gasteiger partial charge in [0, 0.05) is 12.5 Å². The van der Waals surface area contributed by atoms with Crippen LogP contribution in [-0.2, 0) is 14.3 Å². The molecule has 2 unspecified atom stereocenters. The first-order valence-electron chi connectivity index (χ1n) is 4.40. The first kappa shape index (κ1) is 10.4. The molecular formula is C8H16N2O3. The predicted molar refractivity (Wildman–Crippen MR) is 46.9 cm³/mol. The first-order chi connectivity index (χ1) is 6.20. The molecule has 0 aromatic carbocycles. The van der Waals surface area contributed by atoms with Gasteiger partial charge in [0.15, 0.2) is 0 Å². The lowest BCUT2D eigenvalue weighted by molar-refractivity contribution is -0.120. The Morgan fingerprint density at radius 3 is 3.00 bits per heavy atom. The van der Waals surface area contributed by atoms with Gasteiger partial charge in [0.1, 0.15) is 6.04 Å². The topological polar surface area (TPSA) is 87.6 Å². The maximum Gasteiger partial charge on any atom is 0.236 e. The molecule has 5 heteroatoms. The van der Waals surface area contributed by atoms with Crippen LogP contribution in [0.25, 0.3) is 0 Å². The number of carbonyl (C=O) groups excluding carboxylic acids is 1. The molecule has 1 rings (SSSR count). The van der Waals surface area contributed by atoms with Crippen molar-refractivity contribution in [2.75, 3.05) is 26.4 Å². The summed E-state index contributed by atoms with van der Waals surface area (Å²) >= 11 is 0. The number of hydrogen-bond acceptors (Lipinski definition) is 4. The third-order valence-corrected chi connectivity index (χ3v) is 2.04. The Kier molecular flexibility index (Phi) is 4.14. The summed E-state index contributed by atoms with van der Waals surface area (Å²) in [6, 6.07) is -0.692. The highest BCUT2D eigenvalue weighted by Gasteiger charge is 2.16. The Morgan fingerprint density at radius 2 is 2.46 bits per heavy atom. The van der Waals surface area contributed by atoms with E-state index in [-0.39, 0.29) is 6.61 Å². The fourth-order valence-corrected chi connectivity index (χ4v) is 1.16. The molecule has 0 bridgehead atoms. The average Bonchev–Trinajstić information content (AvgIpc) is 2.56. The zero-order valence-corrected chi connectivity index (χ0v) is 7.57. The van der Waals surface area contributed by atoms with E-state index >= 15 is 0 Å². The molecule has 1 saturated heterocycles. The van der Waals surface area contributed by atoms with Crippen LogP contribution in [0.1, 0.15) is 6.42 Å². The molecule has 0 aliphatic carbocycles. The van der Waals surface area contributed by atoms with Gasteiger partial charge >= 0.3 is 0 Å². The van der Waals surface area contributed by atoms with Crippen molar-refractivity contribution in [3.63, 3.8) is 0 Å². The van der Waals surface area contributed by atoms with Crippen molar-refractivity contribution < 1.29 is 14.3 Å². The van der Waals surface area contributed by atoms with Crippen molar-refractivity contribution in [3.05, 3.63) is 0 Å². The van der Waals surface area contributed by atoms with Crippen LogP contribution in [0.3, 0.4) is 0 Å². The fraction of sp³-hybridized carbons (Fsp3) is 0.875. The molecule has 0 radical (unpaired) electrons. The average molecular weight is 188 g/mol. The summed E-state index contributed by atoms with van der Waals surface area (Å²) < 4.78 is 10.4. The Morgan fingerprint density at radius 1 is 1.69 bits per heavy atom. The van der Waals surface area contributed by atoms with E-state index in [4.69, 9.17) is 20.9 Å². The maximum atomic E-state index is 10.5. The van der Waals surface area contributed by atoms with Crippen molar-refractivity contribution >= 4 is 5.91 Å². The van der Waals surface area contributed by atoms with Gasteiger partial charge in [-0.05, 0) is 6.42 Å². The number of amides is 1. The summed E-state index contributed by atoms with van der Waals surface area (Å²) in [5.41, 5.74) is 10.3. The molecule has 0 aromatic rings. The molecule has 76 valence electrons. The smallest absolute Gasteiger partial charge is 0.236 e. The minimum Gasteiger partial charge on any atom is -0.381 e. The van der Waals surface area contributed by atoms with E-state index in [2.05, 4.69) is 0 Å². The van der Waals surface area contributed by atoms with E-state index in [1.165, 1.54) is 0 Å². The Bertz CT molecular complexity index is 169. The molecule has 5 nitrogen and oxygen atoms in total. The largest absolute Gasteiger partial charge is 0.381 e. The summed E-state index contributed by atoms with van der Waals surface area (Å²) in [4.78, 5) is 10.5. The Labute approximate surface area is 77.4 Å². The second kappa shape index (κ2) is 5.16. The monoisotopic (exact) mass is 188 g/mol. The molecular weight excluding hydrogens is 172 g/mol. The predicted octanol–water partition coefficient (Wildman–Crippen LogP) is -1.15. The van der Waals surface area contributed by atoms with Gasteiger partial charge in [0.2, 0.25) is 5.91 Å². The molecule has 1 heterocycles. The minimum atomic E-state index is -0.692. The zero-order valence-electron chi connectivity index (χ0n) is 7.57. The lowest BCUT2D eigenvalue weighted by Gasteiger charge is -2.11. The van der Waals surface area contributed by atoms with Gasteiger partial charge in [-0.2, -0.15) is 0 Å². The van der Waals surface area contributed by atoms with Crippen LogP contribution in [0.5, 0.6) is 0 Å². The first-order valence-corrected chi connectivity index (χ1v) is 4.40. The summed E-state index contributed by atoms with van der Waals surface area (Å²) in [5, 5.41) is 0. The van der Waals surface area contributed by atoms with E-state index in [0.29, 0.717) is 12.5 Å². The number of ether oxygens (including phenoxy) is 2. The summed E-state index contributed by atoms with van der Waals surface area (Å²) in [7, 11) is 0. The van der Waals surface area contributed by atoms with Gasteiger partial charge in [-0.15, -0.1) is 0 Å². The number of hydrogen-bond donors (Lipinski definition) is 2. The highest BCUT2D eigenvalue weighted by molar-refractivity contribution is 5.79. The van der Waals surface area contributed by atoms with Gasteiger partial charge in [0.25, 0.3) is 0 Å². The van der Waals surface area contributed by atoms with Gasteiger partial charge in [-0.25, -0.2) is 0 Å². The van der Waals surface area contributed by atoms with Gasteiger partial charge in [-0.1, -0.05) is 0 Å². The van der Waals surface area contributed by atoms with E-state index in [0.717, 1.165) is 19.6 Å². The van der Waals surface area contributed by atoms with Crippen LogP contribution < -0.4 is 11.5 Å². The molecule has 1 aliphatic heterocycles. The standard InChI is InChI=1S/C8H16N2O3/c9-7(8(10)11)5-13-4-6-1-2-12-3-6/h6-7H,1-5,9H2,(H2,10,11). The molecule has 1 fully saturated rings. The van der Waals surface area contributed by atoms with E-state index in [9.17, 15) is 4.79 Å². The second-order valence-corrected chi connectivity index (χ2v) is 3.28. The van der Waals surface area contributed by atoms with Gasteiger partial charge < -0.3 is 20.9 Å². The molecule has 1 amide bonds. The van der Waals surface area contributed by atoms with Crippen LogP contribution >= 0.6 is 0 Å². The number of rotatable bonds is 5. The van der Waals surface area contributed by atoms with Gasteiger partial charge in [-0.3, -0.25) is 4.79 Å². The number of primary amides is 1. The van der Waals surface area contributed by atoms with Crippen molar-refractivity contribution in [1.29, 1.82) is 0 Å². The lowest BCUT2D eigenvalue weighted by atomic mass is 10.1. The van der Waals surface area contributed by atoms with Crippen LogP contribution in [0, 0.1) is 5.92 Å². The molecule has 0 spiro atoms. The Hall–Kier alpha value is -0.650. The van der Waals surface area contributed by atoms with Crippen molar-refractivity contribution in [1.82, 2.24) is 0 Å². The van der Waals surface area contributed by atoms with E-state index < -0.39 is 11.9 Å². The maximum absolute atomic E-state index is 10.5. The van der Waals surface area contributed by atoms with Crippen LogP contribution in [0.2, 0.25) is 0 Å². The van der Waals surface area contributed by atoms with Crippen molar-refractivity contribution in [3.8, 4) is 0 Å². The van der Waals surface area contributed by atoms with Gasteiger partial charge in [0.05, 0.1) is 19.8 Å². The van der Waals surface area contributed by atoms with E-state index in [1.807, 2.05) is 0 Å². The number of carbonyl (C=O) groups is 1. The molecule has 0 aromatic heterocycles. The number of nitrogens with two attached hydrogens (primary N) is 2. The van der Waals surface area contributed by atoms with Crippen molar-refractivity contribution in [2.24, 2.45) is 17.4 Å².